The first-order valence-corrected chi connectivity index (χ1v) is 5.51. The number of halogens is 2. The lowest BCUT2D eigenvalue weighted by molar-refractivity contribution is 0.304. The van der Waals surface area contributed by atoms with Crippen molar-refractivity contribution in [1.29, 1.82) is 0 Å². The predicted octanol–water partition coefficient (Wildman–Crippen LogP) is 3.76. The zero-order valence-electron chi connectivity index (χ0n) is 9.28. The molecule has 0 radical (unpaired) electrons. The average molecular weight is 252 g/mol. The smallest absolute Gasteiger partial charge is 0.145 e. The second-order valence-corrected chi connectivity index (χ2v) is 4.14. The highest BCUT2D eigenvalue weighted by Crippen LogP contribution is 2.21. The minimum Gasteiger partial charge on any atom is -0.489 e. The molecular formula is C13H11ClFNO. The molecular weight excluding hydrogens is 241 g/mol. The maximum absolute atomic E-state index is 13.1. The molecule has 0 saturated heterocycles. The molecule has 0 atom stereocenters. The van der Waals surface area contributed by atoms with Crippen molar-refractivity contribution in [1.82, 2.24) is 4.98 Å². The summed E-state index contributed by atoms with van der Waals surface area (Å²) >= 11 is 5.58. The summed E-state index contributed by atoms with van der Waals surface area (Å²) in [6.07, 6.45) is 3.49. The van der Waals surface area contributed by atoms with E-state index in [1.165, 1.54) is 12.1 Å². The Morgan fingerprint density at radius 3 is 2.82 bits per heavy atom. The zero-order valence-corrected chi connectivity index (χ0v) is 10.0. The average Bonchev–Trinajstić information content (AvgIpc) is 2.31. The van der Waals surface area contributed by atoms with Crippen molar-refractivity contribution in [2.75, 3.05) is 0 Å². The van der Waals surface area contributed by atoms with Crippen LogP contribution < -0.4 is 4.74 Å². The second kappa shape index (κ2) is 5.15. The molecule has 1 heterocycles. The summed E-state index contributed by atoms with van der Waals surface area (Å²) in [6.45, 7) is 2.31. The van der Waals surface area contributed by atoms with Crippen LogP contribution >= 0.6 is 11.6 Å². The van der Waals surface area contributed by atoms with Gasteiger partial charge < -0.3 is 4.74 Å². The molecule has 0 saturated carbocycles. The topological polar surface area (TPSA) is 22.1 Å². The maximum Gasteiger partial charge on any atom is 0.145 e. The van der Waals surface area contributed by atoms with Crippen LogP contribution in [-0.2, 0) is 6.61 Å². The van der Waals surface area contributed by atoms with Crippen LogP contribution in [0.4, 0.5) is 4.39 Å². The van der Waals surface area contributed by atoms with E-state index in [1.807, 2.05) is 13.0 Å². The van der Waals surface area contributed by atoms with Gasteiger partial charge in [0, 0.05) is 24.0 Å². The van der Waals surface area contributed by atoms with E-state index in [0.717, 1.165) is 11.1 Å². The quantitative estimate of drug-likeness (QED) is 0.829. The molecule has 0 aliphatic heterocycles. The molecule has 2 rings (SSSR count). The molecule has 0 N–H and O–H groups in total. The van der Waals surface area contributed by atoms with Crippen LogP contribution in [0.3, 0.4) is 0 Å². The summed E-state index contributed by atoms with van der Waals surface area (Å²) < 4.78 is 18.6. The van der Waals surface area contributed by atoms with Gasteiger partial charge in [0.25, 0.3) is 0 Å². The van der Waals surface area contributed by atoms with Gasteiger partial charge in [-0.2, -0.15) is 0 Å². The minimum atomic E-state index is -0.480. The van der Waals surface area contributed by atoms with Crippen molar-refractivity contribution < 1.29 is 9.13 Å². The van der Waals surface area contributed by atoms with Crippen molar-refractivity contribution in [3.63, 3.8) is 0 Å². The van der Waals surface area contributed by atoms with Gasteiger partial charge in [-0.3, -0.25) is 4.98 Å². The van der Waals surface area contributed by atoms with Crippen LogP contribution in [0.15, 0.2) is 36.7 Å². The SMILES string of the molecule is Cc1cncc(COc2ccc(Cl)c(F)c2)c1. The number of hydrogen-bond donors (Lipinski definition) is 0. The Balaban J connectivity index is 2.05. The van der Waals surface area contributed by atoms with Gasteiger partial charge in [-0.05, 0) is 30.7 Å². The first kappa shape index (κ1) is 11.9. The largest absolute Gasteiger partial charge is 0.489 e. The lowest BCUT2D eigenvalue weighted by Gasteiger charge is -2.07. The van der Waals surface area contributed by atoms with Gasteiger partial charge in [0.2, 0.25) is 0 Å². The Bertz CT molecular complexity index is 531. The van der Waals surface area contributed by atoms with E-state index in [4.69, 9.17) is 16.3 Å². The van der Waals surface area contributed by atoms with Crippen molar-refractivity contribution in [2.45, 2.75) is 13.5 Å². The molecule has 0 fully saturated rings. The summed E-state index contributed by atoms with van der Waals surface area (Å²) in [4.78, 5) is 4.05. The van der Waals surface area contributed by atoms with Gasteiger partial charge in [-0.1, -0.05) is 11.6 Å². The Morgan fingerprint density at radius 2 is 2.12 bits per heavy atom. The summed E-state index contributed by atoms with van der Waals surface area (Å²) in [6, 6.07) is 6.35. The van der Waals surface area contributed by atoms with E-state index >= 15 is 0 Å². The van der Waals surface area contributed by atoms with Crippen LogP contribution in [0.5, 0.6) is 5.75 Å². The number of nitrogens with zero attached hydrogens (tertiary/aromatic N) is 1. The summed E-state index contributed by atoms with van der Waals surface area (Å²) in [5.74, 6) is -0.0278. The fourth-order valence-electron chi connectivity index (χ4n) is 1.43. The highest BCUT2D eigenvalue weighted by Gasteiger charge is 2.02. The normalized spacial score (nSPS) is 10.3. The third kappa shape index (κ3) is 3.17. The second-order valence-electron chi connectivity index (χ2n) is 3.74. The predicted molar refractivity (Wildman–Crippen MR) is 64.7 cm³/mol. The Labute approximate surface area is 104 Å². The van der Waals surface area contributed by atoms with Gasteiger partial charge in [-0.25, -0.2) is 4.39 Å². The monoisotopic (exact) mass is 251 g/mol. The zero-order chi connectivity index (χ0) is 12.3. The molecule has 0 aliphatic rings. The highest BCUT2D eigenvalue weighted by molar-refractivity contribution is 6.30. The van der Waals surface area contributed by atoms with E-state index < -0.39 is 5.82 Å². The van der Waals surface area contributed by atoms with Crippen molar-refractivity contribution in [2.24, 2.45) is 0 Å². The molecule has 0 spiro atoms. The minimum absolute atomic E-state index is 0.0922. The van der Waals surface area contributed by atoms with Gasteiger partial charge in [-0.15, -0.1) is 0 Å². The molecule has 2 nitrogen and oxygen atoms in total. The van der Waals surface area contributed by atoms with Gasteiger partial charge >= 0.3 is 0 Å². The molecule has 17 heavy (non-hydrogen) atoms. The number of rotatable bonds is 3. The van der Waals surface area contributed by atoms with Crippen LogP contribution in [0, 0.1) is 12.7 Å². The number of aromatic nitrogens is 1. The van der Waals surface area contributed by atoms with Crippen molar-refractivity contribution >= 4 is 11.6 Å². The lowest BCUT2D eigenvalue weighted by Crippen LogP contribution is -1.97. The fourth-order valence-corrected chi connectivity index (χ4v) is 1.55. The summed E-state index contributed by atoms with van der Waals surface area (Å²) in [5, 5.41) is 0.0922. The molecule has 0 bridgehead atoms. The number of ether oxygens (including phenoxy) is 1. The highest BCUT2D eigenvalue weighted by atomic mass is 35.5. The number of hydrogen-bond acceptors (Lipinski definition) is 2. The first-order valence-electron chi connectivity index (χ1n) is 5.13. The van der Waals surface area contributed by atoms with E-state index in [2.05, 4.69) is 4.98 Å². The van der Waals surface area contributed by atoms with Crippen LogP contribution in [-0.4, -0.2) is 4.98 Å². The lowest BCUT2D eigenvalue weighted by atomic mass is 10.2. The Morgan fingerprint density at radius 1 is 1.29 bits per heavy atom. The van der Waals surface area contributed by atoms with Crippen molar-refractivity contribution in [3.8, 4) is 5.75 Å². The summed E-state index contributed by atoms with van der Waals surface area (Å²) in [5.41, 5.74) is 2.01. The number of aryl methyl sites for hydroxylation is 1. The number of pyridine rings is 1. The van der Waals surface area contributed by atoms with Crippen molar-refractivity contribution in [3.05, 3.63) is 58.6 Å². The molecule has 0 amide bonds. The molecule has 88 valence electrons. The molecule has 1 aromatic heterocycles. The summed E-state index contributed by atoms with van der Waals surface area (Å²) in [7, 11) is 0. The standard InChI is InChI=1S/C13H11ClFNO/c1-9-4-10(7-16-6-9)8-17-11-2-3-12(14)13(15)5-11/h2-7H,8H2,1H3. The van der Waals surface area contributed by atoms with Gasteiger partial charge in [0.1, 0.15) is 18.2 Å². The molecule has 0 unspecified atom stereocenters. The van der Waals surface area contributed by atoms with Gasteiger partial charge in [0.05, 0.1) is 5.02 Å². The number of benzene rings is 1. The molecule has 2 aromatic rings. The third-order valence-corrected chi connectivity index (χ3v) is 2.53. The molecule has 0 aliphatic carbocycles. The van der Waals surface area contributed by atoms with Crippen LogP contribution in [0.2, 0.25) is 5.02 Å². The van der Waals surface area contributed by atoms with E-state index in [0.29, 0.717) is 12.4 Å². The molecule has 1 aromatic carbocycles. The first-order chi connectivity index (χ1) is 8.15. The fraction of sp³-hybridized carbons (Fsp3) is 0.154. The van der Waals surface area contributed by atoms with E-state index in [-0.39, 0.29) is 5.02 Å². The molecule has 4 heteroatoms. The Kier molecular flexibility index (Phi) is 3.59. The van der Waals surface area contributed by atoms with Crippen LogP contribution in [0.25, 0.3) is 0 Å². The Hall–Kier alpha value is -1.61. The van der Waals surface area contributed by atoms with E-state index in [9.17, 15) is 4.39 Å². The van der Waals surface area contributed by atoms with E-state index in [1.54, 1.807) is 18.5 Å². The van der Waals surface area contributed by atoms with Crippen LogP contribution in [0.1, 0.15) is 11.1 Å². The van der Waals surface area contributed by atoms with Gasteiger partial charge in [0.15, 0.2) is 0 Å². The third-order valence-electron chi connectivity index (χ3n) is 2.23. The maximum atomic E-state index is 13.1.